The minimum absolute atomic E-state index is 0. The number of aromatic nitrogens is 2. The minimum atomic E-state index is 0. The van der Waals surface area contributed by atoms with Crippen LogP contribution in [0.15, 0.2) is 4.52 Å². The van der Waals surface area contributed by atoms with Crippen molar-refractivity contribution in [3.63, 3.8) is 0 Å². The van der Waals surface area contributed by atoms with Crippen LogP contribution < -0.4 is 5.32 Å². The molecule has 4 unspecified atom stereocenters. The molecule has 3 heterocycles. The van der Waals surface area contributed by atoms with Gasteiger partial charge in [-0.1, -0.05) is 18.0 Å². The van der Waals surface area contributed by atoms with Gasteiger partial charge in [0.05, 0.1) is 6.04 Å². The molecule has 2 saturated heterocycles. The van der Waals surface area contributed by atoms with E-state index < -0.39 is 0 Å². The highest BCUT2D eigenvalue weighted by atomic mass is 35.5. The number of ether oxygens (including phenoxy) is 1. The predicted octanol–water partition coefficient (Wildman–Crippen LogP) is 2.94. The number of rotatable bonds is 2. The summed E-state index contributed by atoms with van der Waals surface area (Å²) in [7, 11) is 0. The third-order valence-electron chi connectivity index (χ3n) is 4.84. The summed E-state index contributed by atoms with van der Waals surface area (Å²) < 4.78 is 11.1. The first-order chi connectivity index (χ1) is 9.40. The maximum Gasteiger partial charge on any atom is 0.243 e. The van der Waals surface area contributed by atoms with Crippen LogP contribution >= 0.6 is 12.4 Å². The van der Waals surface area contributed by atoms with Crippen LogP contribution in [0.5, 0.6) is 0 Å². The van der Waals surface area contributed by atoms with Crippen LogP contribution in [0.1, 0.15) is 68.8 Å². The van der Waals surface area contributed by atoms with Crippen molar-refractivity contribution in [2.24, 2.45) is 5.92 Å². The average Bonchev–Trinajstić information content (AvgIpc) is 3.17. The highest BCUT2D eigenvalue weighted by Gasteiger charge is 2.38. The normalized spacial score (nSPS) is 36.6. The molecular weight excluding hydrogens is 278 g/mol. The van der Waals surface area contributed by atoms with E-state index in [1.54, 1.807) is 0 Å². The van der Waals surface area contributed by atoms with Gasteiger partial charge in [0.1, 0.15) is 6.10 Å². The van der Waals surface area contributed by atoms with Crippen LogP contribution in [-0.2, 0) is 4.74 Å². The maximum atomic E-state index is 5.60. The SMILES string of the molecule is C1COC(c2noc(C3CC4CCCCC4N3)n2)C1.Cl. The van der Waals surface area contributed by atoms with E-state index in [1.165, 1.54) is 25.7 Å². The monoisotopic (exact) mass is 299 g/mol. The minimum Gasteiger partial charge on any atom is -0.370 e. The molecule has 0 radical (unpaired) electrons. The summed E-state index contributed by atoms with van der Waals surface area (Å²) in [4.78, 5) is 4.57. The number of halogens is 1. The fraction of sp³-hybridized carbons (Fsp3) is 0.857. The lowest BCUT2D eigenvalue weighted by Gasteiger charge is -2.24. The summed E-state index contributed by atoms with van der Waals surface area (Å²) in [5.74, 6) is 2.31. The zero-order chi connectivity index (χ0) is 12.7. The average molecular weight is 300 g/mol. The molecule has 1 saturated carbocycles. The summed E-state index contributed by atoms with van der Waals surface area (Å²) in [6, 6.07) is 0.924. The summed E-state index contributed by atoms with van der Waals surface area (Å²) in [6.07, 6.45) is 8.70. The molecule has 4 atom stereocenters. The molecule has 3 fully saturated rings. The highest BCUT2D eigenvalue weighted by Crippen LogP contribution is 2.39. The summed E-state index contributed by atoms with van der Waals surface area (Å²) in [5.41, 5.74) is 0. The lowest BCUT2D eigenvalue weighted by Crippen LogP contribution is -2.30. The molecule has 4 rings (SSSR count). The Morgan fingerprint density at radius 1 is 1.10 bits per heavy atom. The first kappa shape index (κ1) is 14.3. The molecular formula is C14H22ClN3O2. The van der Waals surface area contributed by atoms with Gasteiger partial charge in [0, 0.05) is 12.6 Å². The molecule has 0 aromatic carbocycles. The number of hydrogen-bond acceptors (Lipinski definition) is 5. The number of nitrogens with one attached hydrogen (secondary N) is 1. The molecule has 3 aliphatic rings. The summed E-state index contributed by atoms with van der Waals surface area (Å²) in [6.45, 7) is 0.820. The second kappa shape index (κ2) is 6.00. The molecule has 5 nitrogen and oxygen atoms in total. The smallest absolute Gasteiger partial charge is 0.243 e. The van der Waals surface area contributed by atoms with E-state index >= 15 is 0 Å². The third-order valence-corrected chi connectivity index (χ3v) is 4.84. The molecule has 1 aromatic heterocycles. The quantitative estimate of drug-likeness (QED) is 0.910. The Labute approximate surface area is 125 Å². The van der Waals surface area contributed by atoms with Crippen molar-refractivity contribution in [2.45, 2.75) is 63.1 Å². The Morgan fingerprint density at radius 3 is 2.80 bits per heavy atom. The van der Waals surface area contributed by atoms with Crippen molar-refractivity contribution >= 4 is 12.4 Å². The second-order valence-corrected chi connectivity index (χ2v) is 6.10. The van der Waals surface area contributed by atoms with E-state index in [4.69, 9.17) is 9.26 Å². The highest BCUT2D eigenvalue weighted by molar-refractivity contribution is 5.85. The van der Waals surface area contributed by atoms with Gasteiger partial charge in [0.2, 0.25) is 11.7 Å². The van der Waals surface area contributed by atoms with Crippen molar-refractivity contribution in [1.82, 2.24) is 15.5 Å². The Kier molecular flexibility index (Phi) is 4.29. The van der Waals surface area contributed by atoms with Crippen LogP contribution in [-0.4, -0.2) is 22.8 Å². The molecule has 0 spiro atoms. The first-order valence-corrected chi connectivity index (χ1v) is 7.61. The van der Waals surface area contributed by atoms with Gasteiger partial charge in [-0.15, -0.1) is 12.4 Å². The predicted molar refractivity (Wildman–Crippen MR) is 75.7 cm³/mol. The van der Waals surface area contributed by atoms with Gasteiger partial charge in [-0.3, -0.25) is 0 Å². The van der Waals surface area contributed by atoms with Gasteiger partial charge in [-0.2, -0.15) is 4.98 Å². The Balaban J connectivity index is 0.00000121. The Hall–Kier alpha value is -0.650. The van der Waals surface area contributed by atoms with E-state index in [-0.39, 0.29) is 24.6 Å². The summed E-state index contributed by atoms with van der Waals surface area (Å²) in [5, 5.41) is 7.79. The number of fused-ring (bicyclic) bond motifs is 1. The number of hydrogen-bond donors (Lipinski definition) is 1. The molecule has 6 heteroatoms. The van der Waals surface area contributed by atoms with E-state index in [0.29, 0.717) is 6.04 Å². The van der Waals surface area contributed by atoms with Crippen LogP contribution in [0.25, 0.3) is 0 Å². The Morgan fingerprint density at radius 2 is 2.00 bits per heavy atom. The first-order valence-electron chi connectivity index (χ1n) is 7.61. The van der Waals surface area contributed by atoms with Gasteiger partial charge in [-0.05, 0) is 38.0 Å². The van der Waals surface area contributed by atoms with Gasteiger partial charge in [0.15, 0.2) is 0 Å². The lowest BCUT2D eigenvalue weighted by atomic mass is 9.85. The standard InChI is InChI=1S/C14H21N3O2.ClH/c1-2-5-10-9(4-1)8-11(15-10)14-16-13(17-19-14)12-6-3-7-18-12;/h9-12,15H,1-8H2;1H. The maximum absolute atomic E-state index is 5.60. The molecule has 1 aliphatic carbocycles. The van der Waals surface area contributed by atoms with Crippen LogP contribution in [0.3, 0.4) is 0 Å². The van der Waals surface area contributed by atoms with E-state index in [0.717, 1.165) is 43.5 Å². The van der Waals surface area contributed by atoms with Crippen molar-refractivity contribution in [2.75, 3.05) is 6.61 Å². The zero-order valence-electron chi connectivity index (χ0n) is 11.6. The molecule has 2 aliphatic heterocycles. The fourth-order valence-electron chi connectivity index (χ4n) is 3.81. The third kappa shape index (κ3) is 2.59. The largest absolute Gasteiger partial charge is 0.370 e. The zero-order valence-corrected chi connectivity index (χ0v) is 12.4. The molecule has 1 N–H and O–H groups in total. The van der Waals surface area contributed by atoms with Gasteiger partial charge in [-0.25, -0.2) is 0 Å². The van der Waals surface area contributed by atoms with Crippen molar-refractivity contribution < 1.29 is 9.26 Å². The van der Waals surface area contributed by atoms with Crippen molar-refractivity contribution in [3.05, 3.63) is 11.7 Å². The molecule has 112 valence electrons. The van der Waals surface area contributed by atoms with Crippen LogP contribution in [0.2, 0.25) is 0 Å². The lowest BCUT2D eigenvalue weighted by molar-refractivity contribution is 0.103. The van der Waals surface area contributed by atoms with Crippen LogP contribution in [0, 0.1) is 5.92 Å². The molecule has 0 bridgehead atoms. The topological polar surface area (TPSA) is 60.2 Å². The van der Waals surface area contributed by atoms with Gasteiger partial charge in [0.25, 0.3) is 0 Å². The molecule has 0 amide bonds. The van der Waals surface area contributed by atoms with E-state index in [1.807, 2.05) is 0 Å². The molecule has 1 aromatic rings. The second-order valence-electron chi connectivity index (χ2n) is 6.10. The van der Waals surface area contributed by atoms with E-state index in [9.17, 15) is 0 Å². The summed E-state index contributed by atoms with van der Waals surface area (Å²) >= 11 is 0. The van der Waals surface area contributed by atoms with Gasteiger partial charge >= 0.3 is 0 Å². The fourth-order valence-corrected chi connectivity index (χ4v) is 3.81. The number of nitrogens with zero attached hydrogens (tertiary/aromatic N) is 2. The van der Waals surface area contributed by atoms with Crippen molar-refractivity contribution in [3.8, 4) is 0 Å². The Bertz CT molecular complexity index is 433. The van der Waals surface area contributed by atoms with Crippen molar-refractivity contribution in [1.29, 1.82) is 0 Å². The van der Waals surface area contributed by atoms with Gasteiger partial charge < -0.3 is 14.6 Å². The van der Waals surface area contributed by atoms with E-state index in [2.05, 4.69) is 15.5 Å². The molecule has 20 heavy (non-hydrogen) atoms. The van der Waals surface area contributed by atoms with Crippen LogP contribution in [0.4, 0.5) is 0 Å².